The Morgan fingerprint density at radius 3 is 2.75 bits per heavy atom. The van der Waals surface area contributed by atoms with Gasteiger partial charge in [0.05, 0.1) is 11.6 Å². The summed E-state index contributed by atoms with van der Waals surface area (Å²) in [7, 11) is 3.74. The van der Waals surface area contributed by atoms with Gasteiger partial charge in [-0.2, -0.15) is 5.26 Å². The fourth-order valence-corrected chi connectivity index (χ4v) is 2.09. The quantitative estimate of drug-likeness (QED) is 0.688. The highest BCUT2D eigenvalue weighted by molar-refractivity contribution is 7.98. The summed E-state index contributed by atoms with van der Waals surface area (Å²) in [5, 5.41) is 12.7. The fourth-order valence-electron chi connectivity index (χ4n) is 1.72. The molecule has 0 aliphatic rings. The molecule has 5 nitrogen and oxygen atoms in total. The zero-order valence-electron chi connectivity index (χ0n) is 11.6. The first-order chi connectivity index (χ1) is 9.67. The van der Waals surface area contributed by atoms with Gasteiger partial charge in [0, 0.05) is 25.8 Å². The third-order valence-electron chi connectivity index (χ3n) is 2.84. The summed E-state index contributed by atoms with van der Waals surface area (Å²) in [6.45, 7) is 0. The van der Waals surface area contributed by atoms with Crippen LogP contribution in [0.15, 0.2) is 35.5 Å². The van der Waals surface area contributed by atoms with Crippen LogP contribution in [-0.4, -0.2) is 30.3 Å². The molecule has 6 heteroatoms. The standard InChI is InChI=1S/C14H15N5S/c1-16-12-8-13(18-14(17-12)20-3)19(2)11-6-4-5-10(7-11)9-15/h4-8H,1-3H3,(H,16,17,18). The lowest BCUT2D eigenvalue weighted by molar-refractivity contribution is 0.948. The van der Waals surface area contributed by atoms with Gasteiger partial charge in [0.25, 0.3) is 0 Å². The van der Waals surface area contributed by atoms with Crippen LogP contribution < -0.4 is 10.2 Å². The molecule has 0 amide bonds. The van der Waals surface area contributed by atoms with Crippen molar-refractivity contribution in [3.05, 3.63) is 35.9 Å². The van der Waals surface area contributed by atoms with E-state index in [4.69, 9.17) is 5.26 Å². The molecule has 0 aliphatic carbocycles. The minimum absolute atomic E-state index is 0.627. The van der Waals surface area contributed by atoms with Crippen LogP contribution in [0, 0.1) is 11.3 Å². The Balaban J connectivity index is 2.41. The molecule has 0 radical (unpaired) electrons. The predicted molar refractivity (Wildman–Crippen MR) is 82.6 cm³/mol. The number of anilines is 3. The number of nitrogens with one attached hydrogen (secondary N) is 1. The van der Waals surface area contributed by atoms with Crippen molar-refractivity contribution < 1.29 is 0 Å². The first-order valence-electron chi connectivity index (χ1n) is 6.02. The maximum Gasteiger partial charge on any atom is 0.191 e. The normalized spacial score (nSPS) is 9.90. The minimum Gasteiger partial charge on any atom is -0.373 e. The second kappa shape index (κ2) is 6.26. The molecular weight excluding hydrogens is 270 g/mol. The molecule has 2 aromatic rings. The molecule has 0 bridgehead atoms. The lowest BCUT2D eigenvalue weighted by Gasteiger charge is -2.19. The largest absolute Gasteiger partial charge is 0.373 e. The number of hydrogen-bond acceptors (Lipinski definition) is 6. The van der Waals surface area contributed by atoms with Crippen molar-refractivity contribution in [1.29, 1.82) is 5.26 Å². The minimum atomic E-state index is 0.627. The van der Waals surface area contributed by atoms with Crippen molar-refractivity contribution in [2.75, 3.05) is 30.6 Å². The SMILES string of the molecule is CNc1cc(N(C)c2cccc(C#N)c2)nc(SC)n1. The van der Waals surface area contributed by atoms with Gasteiger partial charge >= 0.3 is 0 Å². The molecule has 0 saturated heterocycles. The van der Waals surface area contributed by atoms with Crippen LogP contribution in [0.25, 0.3) is 0 Å². The Labute approximate surface area is 122 Å². The van der Waals surface area contributed by atoms with Crippen molar-refractivity contribution in [2.24, 2.45) is 0 Å². The molecule has 0 spiro atoms. The van der Waals surface area contributed by atoms with E-state index in [1.807, 2.05) is 49.5 Å². The Morgan fingerprint density at radius 1 is 1.30 bits per heavy atom. The van der Waals surface area contributed by atoms with Crippen molar-refractivity contribution in [1.82, 2.24) is 9.97 Å². The number of nitriles is 1. The van der Waals surface area contributed by atoms with Crippen LogP contribution in [0.5, 0.6) is 0 Å². The van der Waals surface area contributed by atoms with Crippen LogP contribution >= 0.6 is 11.8 Å². The van der Waals surface area contributed by atoms with E-state index in [2.05, 4.69) is 21.4 Å². The zero-order chi connectivity index (χ0) is 14.5. The van der Waals surface area contributed by atoms with E-state index in [0.29, 0.717) is 10.7 Å². The number of aromatic nitrogens is 2. The summed E-state index contributed by atoms with van der Waals surface area (Å²) in [4.78, 5) is 10.8. The smallest absolute Gasteiger partial charge is 0.191 e. The van der Waals surface area contributed by atoms with Gasteiger partial charge in [-0.1, -0.05) is 17.8 Å². The van der Waals surface area contributed by atoms with Gasteiger partial charge in [-0.3, -0.25) is 0 Å². The zero-order valence-corrected chi connectivity index (χ0v) is 12.4. The van der Waals surface area contributed by atoms with Gasteiger partial charge in [-0.15, -0.1) is 0 Å². The molecule has 0 unspecified atom stereocenters. The Morgan fingerprint density at radius 2 is 2.10 bits per heavy atom. The van der Waals surface area contributed by atoms with Gasteiger partial charge < -0.3 is 10.2 Å². The molecule has 2 rings (SSSR count). The average molecular weight is 285 g/mol. The summed E-state index contributed by atoms with van der Waals surface area (Å²) >= 11 is 1.49. The third kappa shape index (κ3) is 3.00. The van der Waals surface area contributed by atoms with E-state index in [1.54, 1.807) is 6.07 Å². The van der Waals surface area contributed by atoms with E-state index in [0.717, 1.165) is 17.3 Å². The molecule has 102 valence electrons. The average Bonchev–Trinajstić information content (AvgIpc) is 2.53. The number of rotatable bonds is 4. The topological polar surface area (TPSA) is 64.8 Å². The molecule has 20 heavy (non-hydrogen) atoms. The van der Waals surface area contributed by atoms with Gasteiger partial charge in [-0.05, 0) is 24.5 Å². The molecule has 1 N–H and O–H groups in total. The highest BCUT2D eigenvalue weighted by Crippen LogP contribution is 2.26. The van der Waals surface area contributed by atoms with Gasteiger partial charge in [0.15, 0.2) is 5.16 Å². The van der Waals surface area contributed by atoms with Crippen molar-refractivity contribution in [2.45, 2.75) is 5.16 Å². The van der Waals surface area contributed by atoms with E-state index < -0.39 is 0 Å². The number of benzene rings is 1. The maximum atomic E-state index is 8.97. The summed E-state index contributed by atoms with van der Waals surface area (Å²) < 4.78 is 0. The van der Waals surface area contributed by atoms with Gasteiger partial charge in [-0.25, -0.2) is 9.97 Å². The lowest BCUT2D eigenvalue weighted by atomic mass is 10.2. The van der Waals surface area contributed by atoms with Crippen LogP contribution in [0.2, 0.25) is 0 Å². The van der Waals surface area contributed by atoms with Crippen LogP contribution in [0.4, 0.5) is 17.3 Å². The highest BCUT2D eigenvalue weighted by atomic mass is 32.2. The molecule has 0 aliphatic heterocycles. The Kier molecular flexibility index (Phi) is 4.43. The van der Waals surface area contributed by atoms with Crippen LogP contribution in [0.3, 0.4) is 0 Å². The van der Waals surface area contributed by atoms with Crippen LogP contribution in [-0.2, 0) is 0 Å². The summed E-state index contributed by atoms with van der Waals surface area (Å²) in [6.07, 6.45) is 1.94. The van der Waals surface area contributed by atoms with E-state index in [9.17, 15) is 0 Å². The van der Waals surface area contributed by atoms with E-state index in [-0.39, 0.29) is 0 Å². The van der Waals surface area contributed by atoms with Crippen molar-refractivity contribution in [3.8, 4) is 6.07 Å². The van der Waals surface area contributed by atoms with Crippen molar-refractivity contribution in [3.63, 3.8) is 0 Å². The summed E-state index contributed by atoms with van der Waals surface area (Å²) in [5.74, 6) is 1.55. The lowest BCUT2D eigenvalue weighted by Crippen LogP contribution is -2.12. The summed E-state index contributed by atoms with van der Waals surface area (Å²) in [6, 6.07) is 11.4. The highest BCUT2D eigenvalue weighted by Gasteiger charge is 2.10. The number of hydrogen-bond donors (Lipinski definition) is 1. The second-order valence-electron chi connectivity index (χ2n) is 4.07. The summed E-state index contributed by atoms with van der Waals surface area (Å²) in [5.41, 5.74) is 1.54. The van der Waals surface area contributed by atoms with Crippen LogP contribution in [0.1, 0.15) is 5.56 Å². The van der Waals surface area contributed by atoms with Gasteiger partial charge in [0.2, 0.25) is 0 Å². The molecular formula is C14H15N5S. The van der Waals surface area contributed by atoms with Gasteiger partial charge in [0.1, 0.15) is 11.6 Å². The third-order valence-corrected chi connectivity index (χ3v) is 3.38. The predicted octanol–water partition coefficient (Wildman–Crippen LogP) is 2.88. The van der Waals surface area contributed by atoms with Crippen molar-refractivity contribution >= 4 is 29.1 Å². The molecule has 1 aromatic carbocycles. The molecule has 0 atom stereocenters. The second-order valence-corrected chi connectivity index (χ2v) is 4.84. The molecule has 0 fully saturated rings. The molecule has 1 heterocycles. The van der Waals surface area contributed by atoms with E-state index in [1.165, 1.54) is 11.8 Å². The van der Waals surface area contributed by atoms with E-state index >= 15 is 0 Å². The number of nitrogens with zero attached hydrogens (tertiary/aromatic N) is 4. The fraction of sp³-hybridized carbons (Fsp3) is 0.214. The Hall–Kier alpha value is -2.26. The first kappa shape index (κ1) is 14.2. The monoisotopic (exact) mass is 285 g/mol. The Bertz CT molecular complexity index is 628. The molecule has 0 saturated carbocycles. The number of thioether (sulfide) groups is 1. The first-order valence-corrected chi connectivity index (χ1v) is 7.25. The molecule has 1 aromatic heterocycles. The maximum absolute atomic E-state index is 8.97.